The Morgan fingerprint density at radius 1 is 1.19 bits per heavy atom. The summed E-state index contributed by atoms with van der Waals surface area (Å²) in [4.78, 5) is 6.50. The van der Waals surface area contributed by atoms with Crippen LogP contribution >= 0.6 is 11.8 Å². The van der Waals surface area contributed by atoms with Crippen LogP contribution in [0.4, 0.5) is 4.39 Å². The Kier molecular flexibility index (Phi) is 6.73. The van der Waals surface area contributed by atoms with Crippen molar-refractivity contribution in [2.75, 3.05) is 7.05 Å². The van der Waals surface area contributed by atoms with Crippen molar-refractivity contribution in [3.05, 3.63) is 84.2 Å². The molecule has 5 nitrogen and oxygen atoms in total. The van der Waals surface area contributed by atoms with Crippen molar-refractivity contribution in [2.45, 2.75) is 30.5 Å². The molecule has 1 aromatic carbocycles. The highest BCUT2D eigenvalue weighted by molar-refractivity contribution is 7.98. The van der Waals surface area contributed by atoms with Gasteiger partial charge in [-0.1, -0.05) is 36.0 Å². The van der Waals surface area contributed by atoms with Crippen molar-refractivity contribution in [2.24, 2.45) is 0 Å². The Labute approximate surface area is 163 Å². The zero-order valence-corrected chi connectivity index (χ0v) is 16.1. The van der Waals surface area contributed by atoms with Gasteiger partial charge in [-0.15, -0.1) is 16.8 Å². The van der Waals surface area contributed by atoms with E-state index in [4.69, 9.17) is 0 Å². The zero-order valence-electron chi connectivity index (χ0n) is 15.3. The van der Waals surface area contributed by atoms with E-state index in [-0.39, 0.29) is 5.82 Å². The van der Waals surface area contributed by atoms with Gasteiger partial charge in [0.15, 0.2) is 5.16 Å². The van der Waals surface area contributed by atoms with Crippen LogP contribution in [0.3, 0.4) is 0 Å². The average molecular weight is 383 g/mol. The third-order valence-corrected chi connectivity index (χ3v) is 4.97. The summed E-state index contributed by atoms with van der Waals surface area (Å²) in [5.41, 5.74) is 1.93. The molecule has 27 heavy (non-hydrogen) atoms. The van der Waals surface area contributed by atoms with E-state index < -0.39 is 0 Å². The Morgan fingerprint density at radius 2 is 2.07 bits per heavy atom. The lowest BCUT2D eigenvalue weighted by Gasteiger charge is -2.16. The molecule has 0 aliphatic rings. The first-order valence-electron chi connectivity index (χ1n) is 8.64. The molecule has 2 aromatic heterocycles. The molecule has 0 radical (unpaired) electrons. The van der Waals surface area contributed by atoms with Crippen molar-refractivity contribution < 1.29 is 4.39 Å². The highest BCUT2D eigenvalue weighted by atomic mass is 32.2. The summed E-state index contributed by atoms with van der Waals surface area (Å²) < 4.78 is 15.4. The molecule has 0 amide bonds. The number of benzene rings is 1. The lowest BCUT2D eigenvalue weighted by Crippen LogP contribution is -2.20. The van der Waals surface area contributed by atoms with Crippen LogP contribution in [0.15, 0.2) is 66.5 Å². The maximum absolute atomic E-state index is 13.4. The van der Waals surface area contributed by atoms with Gasteiger partial charge in [0, 0.05) is 25.0 Å². The van der Waals surface area contributed by atoms with Gasteiger partial charge < -0.3 is 4.57 Å². The SMILES string of the molecule is C=CCn1c(CN(C)Cc2ccccn2)nnc1SCc1cccc(F)c1. The molecule has 3 rings (SSSR count). The second kappa shape index (κ2) is 9.43. The molecule has 0 spiro atoms. The molecule has 0 saturated carbocycles. The first kappa shape index (κ1) is 19.3. The van der Waals surface area contributed by atoms with E-state index in [1.807, 2.05) is 42.0 Å². The number of hydrogen-bond donors (Lipinski definition) is 0. The first-order valence-corrected chi connectivity index (χ1v) is 9.63. The molecule has 0 fully saturated rings. The minimum absolute atomic E-state index is 0.225. The van der Waals surface area contributed by atoms with Crippen LogP contribution < -0.4 is 0 Å². The topological polar surface area (TPSA) is 46.8 Å². The highest BCUT2D eigenvalue weighted by Crippen LogP contribution is 2.23. The molecule has 140 valence electrons. The summed E-state index contributed by atoms with van der Waals surface area (Å²) in [6.45, 7) is 5.85. The van der Waals surface area contributed by atoms with E-state index in [1.54, 1.807) is 30.1 Å². The summed E-state index contributed by atoms with van der Waals surface area (Å²) in [6, 6.07) is 12.5. The van der Waals surface area contributed by atoms with Crippen LogP contribution in [0.25, 0.3) is 0 Å². The molecule has 0 N–H and O–H groups in total. The van der Waals surface area contributed by atoms with Gasteiger partial charge in [0.1, 0.15) is 11.6 Å². The Hall–Kier alpha value is -2.51. The van der Waals surface area contributed by atoms with Gasteiger partial charge in [0.05, 0.1) is 12.2 Å². The summed E-state index contributed by atoms with van der Waals surface area (Å²) in [7, 11) is 2.03. The standard InChI is InChI=1S/C20H22FN5S/c1-3-11-26-19(14-25(2)13-18-9-4-5-10-22-18)23-24-20(26)27-15-16-7-6-8-17(21)12-16/h3-10,12H,1,11,13-15H2,2H3. The predicted octanol–water partition coefficient (Wildman–Crippen LogP) is 3.92. The molecule has 0 bridgehead atoms. The van der Waals surface area contributed by atoms with Gasteiger partial charge in [-0.25, -0.2) is 4.39 Å². The number of pyridine rings is 1. The molecular formula is C20H22FN5S. The maximum atomic E-state index is 13.4. The van der Waals surface area contributed by atoms with E-state index in [0.717, 1.165) is 28.8 Å². The fourth-order valence-corrected chi connectivity index (χ4v) is 3.60. The Bertz CT molecular complexity index is 881. The Morgan fingerprint density at radius 3 is 2.81 bits per heavy atom. The average Bonchev–Trinajstić information content (AvgIpc) is 3.03. The number of rotatable bonds is 9. The monoisotopic (exact) mass is 383 g/mol. The van der Waals surface area contributed by atoms with Crippen molar-refractivity contribution in [1.29, 1.82) is 0 Å². The summed E-state index contributed by atoms with van der Waals surface area (Å²) in [5.74, 6) is 1.28. The molecule has 0 saturated heterocycles. The van der Waals surface area contributed by atoms with Crippen molar-refractivity contribution in [3.8, 4) is 0 Å². The lowest BCUT2D eigenvalue weighted by atomic mass is 10.2. The largest absolute Gasteiger partial charge is 0.301 e. The normalized spacial score (nSPS) is 11.1. The zero-order chi connectivity index (χ0) is 19.1. The quantitative estimate of drug-likeness (QED) is 0.414. The number of halogens is 1. The van der Waals surface area contributed by atoms with Crippen LogP contribution in [-0.2, 0) is 25.4 Å². The smallest absolute Gasteiger partial charge is 0.191 e. The van der Waals surface area contributed by atoms with Crippen molar-refractivity contribution in [3.63, 3.8) is 0 Å². The van der Waals surface area contributed by atoms with Crippen LogP contribution in [-0.4, -0.2) is 31.7 Å². The summed E-state index contributed by atoms with van der Waals surface area (Å²) in [5, 5.41) is 9.48. The predicted molar refractivity (Wildman–Crippen MR) is 106 cm³/mol. The van der Waals surface area contributed by atoms with E-state index in [1.165, 1.54) is 6.07 Å². The molecule has 0 aliphatic carbocycles. The maximum Gasteiger partial charge on any atom is 0.191 e. The van der Waals surface area contributed by atoms with Crippen LogP contribution in [0, 0.1) is 5.82 Å². The minimum atomic E-state index is -0.225. The Balaban J connectivity index is 1.67. The highest BCUT2D eigenvalue weighted by Gasteiger charge is 2.14. The lowest BCUT2D eigenvalue weighted by molar-refractivity contribution is 0.301. The van der Waals surface area contributed by atoms with E-state index >= 15 is 0 Å². The first-order chi connectivity index (χ1) is 13.2. The van der Waals surface area contributed by atoms with E-state index in [0.29, 0.717) is 18.8 Å². The van der Waals surface area contributed by atoms with Crippen molar-refractivity contribution >= 4 is 11.8 Å². The van der Waals surface area contributed by atoms with Crippen LogP contribution in [0.1, 0.15) is 17.1 Å². The number of thioether (sulfide) groups is 1. The van der Waals surface area contributed by atoms with Gasteiger partial charge in [-0.05, 0) is 36.9 Å². The fourth-order valence-electron chi connectivity index (χ4n) is 2.70. The minimum Gasteiger partial charge on any atom is -0.301 e. The molecule has 0 unspecified atom stereocenters. The van der Waals surface area contributed by atoms with E-state index in [2.05, 4.69) is 26.7 Å². The number of allylic oxidation sites excluding steroid dienone is 1. The number of hydrogen-bond acceptors (Lipinski definition) is 5. The third kappa shape index (κ3) is 5.48. The summed E-state index contributed by atoms with van der Waals surface area (Å²) in [6.07, 6.45) is 3.63. The van der Waals surface area contributed by atoms with Gasteiger partial charge >= 0.3 is 0 Å². The van der Waals surface area contributed by atoms with Gasteiger partial charge in [0.25, 0.3) is 0 Å². The molecule has 2 heterocycles. The molecule has 7 heteroatoms. The van der Waals surface area contributed by atoms with E-state index in [9.17, 15) is 4.39 Å². The van der Waals surface area contributed by atoms with Gasteiger partial charge in [0.2, 0.25) is 0 Å². The molecule has 0 atom stereocenters. The van der Waals surface area contributed by atoms with Gasteiger partial charge in [-0.2, -0.15) is 0 Å². The fraction of sp³-hybridized carbons (Fsp3) is 0.250. The molecule has 0 aliphatic heterocycles. The van der Waals surface area contributed by atoms with Crippen LogP contribution in [0.5, 0.6) is 0 Å². The number of aromatic nitrogens is 4. The van der Waals surface area contributed by atoms with Gasteiger partial charge in [-0.3, -0.25) is 9.88 Å². The molecule has 3 aromatic rings. The van der Waals surface area contributed by atoms with Crippen LogP contribution in [0.2, 0.25) is 0 Å². The second-order valence-electron chi connectivity index (χ2n) is 6.21. The van der Waals surface area contributed by atoms with Crippen molar-refractivity contribution in [1.82, 2.24) is 24.6 Å². The summed E-state index contributed by atoms with van der Waals surface area (Å²) >= 11 is 1.54. The number of nitrogens with zero attached hydrogens (tertiary/aromatic N) is 5. The third-order valence-electron chi connectivity index (χ3n) is 3.93. The molecular weight excluding hydrogens is 361 g/mol. The second-order valence-corrected chi connectivity index (χ2v) is 7.15.